The molecule has 134 valence electrons. The molecule has 0 spiro atoms. The van der Waals surface area contributed by atoms with E-state index in [2.05, 4.69) is 10.3 Å². The molecule has 0 saturated carbocycles. The molecule has 1 atom stereocenters. The number of pyridine rings is 1. The third-order valence-electron chi connectivity index (χ3n) is 4.24. The summed E-state index contributed by atoms with van der Waals surface area (Å²) in [6.45, 7) is 0. The average Bonchev–Trinajstić information content (AvgIpc) is 2.73. The molecule has 0 aliphatic carbocycles. The van der Waals surface area contributed by atoms with Gasteiger partial charge in [0.2, 0.25) is 0 Å². The quantitative estimate of drug-likeness (QED) is 0.416. The Morgan fingerprint density at radius 3 is 2.36 bits per heavy atom. The molecule has 28 heavy (non-hydrogen) atoms. The van der Waals surface area contributed by atoms with Crippen molar-refractivity contribution in [2.45, 2.75) is 12.5 Å². The van der Waals surface area contributed by atoms with Crippen molar-refractivity contribution in [3.05, 3.63) is 101 Å². The number of hydrogen-bond acceptors (Lipinski definition) is 3. The highest BCUT2D eigenvalue weighted by molar-refractivity contribution is 6.30. The van der Waals surface area contributed by atoms with E-state index in [1.165, 1.54) is 6.08 Å². The van der Waals surface area contributed by atoms with E-state index in [1.54, 1.807) is 18.2 Å². The number of nitrogens with zero attached hydrogens (tertiary/aromatic N) is 2. The lowest BCUT2D eigenvalue weighted by atomic mass is 9.98. The predicted molar refractivity (Wildman–Crippen MR) is 111 cm³/mol. The molecule has 5 heteroatoms. The molecule has 0 saturated heterocycles. The highest BCUT2D eigenvalue weighted by Crippen LogP contribution is 2.19. The second kappa shape index (κ2) is 9.34. The van der Waals surface area contributed by atoms with E-state index < -0.39 is 5.91 Å². The number of amides is 1. The van der Waals surface area contributed by atoms with Crippen LogP contribution in [0.15, 0.2) is 84.4 Å². The topological polar surface area (TPSA) is 65.8 Å². The first kappa shape index (κ1) is 19.1. The Morgan fingerprint density at radius 2 is 1.71 bits per heavy atom. The Labute approximate surface area is 166 Å². The van der Waals surface area contributed by atoms with E-state index in [-0.39, 0.29) is 11.6 Å². The molecule has 0 fully saturated rings. The summed E-state index contributed by atoms with van der Waals surface area (Å²) in [6, 6.07) is 26.4. The Hall–Kier alpha value is -3.65. The fourth-order valence-corrected chi connectivity index (χ4v) is 2.87. The molecular formula is C23H18BN3O. The van der Waals surface area contributed by atoms with Crippen molar-refractivity contribution < 1.29 is 4.79 Å². The van der Waals surface area contributed by atoms with Crippen LogP contribution in [0.3, 0.4) is 0 Å². The SMILES string of the molecule is [B]c1cccc(/C=C(\C#N)C(=O)N[C@@H](Cc2ccccc2)c2ccccc2)n1. The van der Waals surface area contributed by atoms with Gasteiger partial charge in [0.1, 0.15) is 19.5 Å². The van der Waals surface area contributed by atoms with Crippen LogP contribution in [0.1, 0.15) is 22.9 Å². The maximum atomic E-state index is 12.8. The molecule has 2 radical (unpaired) electrons. The maximum absolute atomic E-state index is 12.8. The number of hydrogen-bond donors (Lipinski definition) is 1. The van der Waals surface area contributed by atoms with Gasteiger partial charge in [0, 0.05) is 0 Å². The van der Waals surface area contributed by atoms with Gasteiger partial charge in [-0.25, -0.2) is 0 Å². The summed E-state index contributed by atoms with van der Waals surface area (Å²) >= 11 is 0. The van der Waals surface area contributed by atoms with Crippen LogP contribution in [-0.4, -0.2) is 18.7 Å². The van der Waals surface area contributed by atoms with E-state index in [0.717, 1.165) is 11.1 Å². The Balaban J connectivity index is 1.84. The summed E-state index contributed by atoms with van der Waals surface area (Å²) in [5.41, 5.74) is 2.84. The van der Waals surface area contributed by atoms with Crippen molar-refractivity contribution in [2.24, 2.45) is 0 Å². The molecule has 4 nitrogen and oxygen atoms in total. The number of aromatic nitrogens is 1. The second-order valence-corrected chi connectivity index (χ2v) is 6.28. The van der Waals surface area contributed by atoms with Crippen LogP contribution in [0.4, 0.5) is 0 Å². The molecule has 1 N–H and O–H groups in total. The zero-order valence-corrected chi connectivity index (χ0v) is 15.2. The Kier molecular flexibility index (Phi) is 6.38. The van der Waals surface area contributed by atoms with E-state index >= 15 is 0 Å². The zero-order chi connectivity index (χ0) is 19.8. The van der Waals surface area contributed by atoms with Crippen LogP contribution in [0.5, 0.6) is 0 Å². The van der Waals surface area contributed by atoms with Gasteiger partial charge >= 0.3 is 0 Å². The molecule has 1 heterocycles. The first-order chi connectivity index (χ1) is 13.7. The molecule has 0 unspecified atom stereocenters. The summed E-state index contributed by atoms with van der Waals surface area (Å²) in [6.07, 6.45) is 2.06. The van der Waals surface area contributed by atoms with Crippen LogP contribution in [0.2, 0.25) is 0 Å². The van der Waals surface area contributed by atoms with E-state index in [0.29, 0.717) is 17.7 Å². The summed E-state index contributed by atoms with van der Waals surface area (Å²) in [7, 11) is 5.67. The average molecular weight is 363 g/mol. The summed E-state index contributed by atoms with van der Waals surface area (Å²) in [5, 5.41) is 12.4. The van der Waals surface area contributed by atoms with Gasteiger partial charge in [-0.1, -0.05) is 72.8 Å². The maximum Gasteiger partial charge on any atom is 0.262 e. The fourth-order valence-electron chi connectivity index (χ4n) is 2.87. The van der Waals surface area contributed by atoms with Gasteiger partial charge in [0.15, 0.2) is 0 Å². The summed E-state index contributed by atoms with van der Waals surface area (Å²) < 4.78 is 0. The predicted octanol–water partition coefficient (Wildman–Crippen LogP) is 2.88. The largest absolute Gasteiger partial charge is 0.344 e. The van der Waals surface area contributed by atoms with E-state index in [9.17, 15) is 10.1 Å². The Morgan fingerprint density at radius 1 is 1.04 bits per heavy atom. The van der Waals surface area contributed by atoms with Crippen molar-refractivity contribution in [2.75, 3.05) is 0 Å². The molecule has 2 aromatic carbocycles. The number of carbonyl (C=O) groups excluding carboxylic acids is 1. The number of benzene rings is 2. The number of carbonyl (C=O) groups is 1. The highest BCUT2D eigenvalue weighted by atomic mass is 16.1. The van der Waals surface area contributed by atoms with Gasteiger partial charge in [-0.05, 0) is 35.3 Å². The lowest BCUT2D eigenvalue weighted by molar-refractivity contribution is -0.117. The molecule has 0 aliphatic heterocycles. The van der Waals surface area contributed by atoms with Crippen molar-refractivity contribution in [3.63, 3.8) is 0 Å². The monoisotopic (exact) mass is 363 g/mol. The van der Waals surface area contributed by atoms with E-state index in [4.69, 9.17) is 7.85 Å². The minimum atomic E-state index is -0.448. The van der Waals surface area contributed by atoms with Crippen LogP contribution >= 0.6 is 0 Å². The van der Waals surface area contributed by atoms with Crippen molar-refractivity contribution >= 4 is 25.4 Å². The second-order valence-electron chi connectivity index (χ2n) is 6.28. The highest BCUT2D eigenvalue weighted by Gasteiger charge is 2.18. The third-order valence-corrected chi connectivity index (χ3v) is 4.24. The molecule has 0 aliphatic rings. The van der Waals surface area contributed by atoms with Crippen LogP contribution < -0.4 is 10.9 Å². The molecule has 1 aromatic heterocycles. The number of nitrogens with one attached hydrogen (secondary N) is 1. The smallest absolute Gasteiger partial charge is 0.262 e. The third kappa shape index (κ3) is 5.18. The van der Waals surface area contributed by atoms with Crippen LogP contribution in [0.25, 0.3) is 6.08 Å². The van der Waals surface area contributed by atoms with Gasteiger partial charge in [-0.2, -0.15) is 5.26 Å². The number of nitriles is 1. The minimum Gasteiger partial charge on any atom is -0.344 e. The van der Waals surface area contributed by atoms with Crippen molar-refractivity contribution in [1.29, 1.82) is 5.26 Å². The molecule has 1 amide bonds. The van der Waals surface area contributed by atoms with Crippen molar-refractivity contribution in [3.8, 4) is 6.07 Å². The van der Waals surface area contributed by atoms with Crippen molar-refractivity contribution in [1.82, 2.24) is 10.3 Å². The van der Waals surface area contributed by atoms with E-state index in [1.807, 2.05) is 66.7 Å². The number of rotatable bonds is 6. The molecule has 0 bridgehead atoms. The van der Waals surface area contributed by atoms with Gasteiger partial charge in [0.25, 0.3) is 5.91 Å². The van der Waals surface area contributed by atoms with Gasteiger partial charge in [-0.3, -0.25) is 9.78 Å². The standard InChI is InChI=1S/C23H18BN3O/c24-22-13-7-12-20(26-22)15-19(16-25)23(28)27-21(18-10-5-2-6-11-18)14-17-8-3-1-4-9-17/h1-13,15,21H,14H2,(H,27,28)/b19-15+/t21-/m0/s1. The lowest BCUT2D eigenvalue weighted by Crippen LogP contribution is -2.30. The van der Waals surface area contributed by atoms with Crippen LogP contribution in [-0.2, 0) is 11.2 Å². The van der Waals surface area contributed by atoms with Crippen LogP contribution in [0, 0.1) is 11.3 Å². The zero-order valence-electron chi connectivity index (χ0n) is 15.2. The lowest BCUT2D eigenvalue weighted by Gasteiger charge is -2.19. The van der Waals surface area contributed by atoms with Gasteiger partial charge in [0.05, 0.1) is 11.7 Å². The summed E-state index contributed by atoms with van der Waals surface area (Å²) in [5.74, 6) is -0.448. The molecule has 3 rings (SSSR count). The fraction of sp³-hybridized carbons (Fsp3) is 0.0870. The first-order valence-electron chi connectivity index (χ1n) is 8.90. The molecular weight excluding hydrogens is 345 g/mol. The molecule has 3 aromatic rings. The summed E-state index contributed by atoms with van der Waals surface area (Å²) in [4.78, 5) is 16.9. The Bertz CT molecular complexity index is 1010. The van der Waals surface area contributed by atoms with Gasteiger partial charge in [-0.15, -0.1) is 0 Å². The minimum absolute atomic E-state index is 0.0212. The van der Waals surface area contributed by atoms with Gasteiger partial charge < -0.3 is 5.32 Å². The first-order valence-corrected chi connectivity index (χ1v) is 8.90. The normalized spacial score (nSPS) is 12.0.